The number of nitrogens with two attached hydrogens (primary N) is 1. The van der Waals surface area contributed by atoms with Crippen LogP contribution in [0.2, 0.25) is 0 Å². The molecule has 10 heteroatoms. The number of amides is 1. The predicted octanol–water partition coefficient (Wildman–Crippen LogP) is 3.11. The van der Waals surface area contributed by atoms with Gasteiger partial charge in [-0.05, 0) is 37.8 Å². The van der Waals surface area contributed by atoms with Gasteiger partial charge in [0.2, 0.25) is 0 Å². The Morgan fingerprint density at radius 2 is 2.00 bits per heavy atom. The molecule has 0 saturated carbocycles. The molecule has 0 bridgehead atoms. The van der Waals surface area contributed by atoms with Crippen LogP contribution in [0.4, 0.5) is 17.6 Å². The van der Waals surface area contributed by atoms with Crippen LogP contribution in [-0.4, -0.2) is 21.5 Å². The second-order valence-electron chi connectivity index (χ2n) is 6.87. The maximum absolute atomic E-state index is 13.5. The third kappa shape index (κ3) is 5.25. The molecule has 1 aromatic carbocycles. The normalized spacial score (nSPS) is 14.7. The first-order valence-corrected chi connectivity index (χ1v) is 9.42. The smallest absolute Gasteiger partial charge is 0.387 e. The van der Waals surface area contributed by atoms with Crippen molar-refractivity contribution in [2.75, 3.05) is 0 Å². The number of benzene rings is 1. The molecular formula is C20H21F4N5O. The maximum Gasteiger partial charge on any atom is 0.435 e. The van der Waals surface area contributed by atoms with Crippen LogP contribution in [0.15, 0.2) is 41.5 Å². The van der Waals surface area contributed by atoms with Gasteiger partial charge < -0.3 is 11.1 Å². The fraction of sp³-hybridized carbons (Fsp3) is 0.350. The fourth-order valence-electron chi connectivity index (χ4n) is 3.33. The van der Waals surface area contributed by atoms with Crippen molar-refractivity contribution in [3.05, 3.63) is 64.9 Å². The lowest BCUT2D eigenvalue weighted by atomic mass is 9.95. The summed E-state index contributed by atoms with van der Waals surface area (Å²) in [5.74, 6) is -1.19. The van der Waals surface area contributed by atoms with Gasteiger partial charge in [0.15, 0.2) is 5.69 Å². The van der Waals surface area contributed by atoms with Crippen LogP contribution in [0.3, 0.4) is 0 Å². The van der Waals surface area contributed by atoms with Crippen LogP contribution in [-0.2, 0) is 36.9 Å². The van der Waals surface area contributed by atoms with E-state index < -0.39 is 24.3 Å². The molecule has 2 aromatic rings. The van der Waals surface area contributed by atoms with Gasteiger partial charge in [-0.15, -0.1) is 0 Å². The zero-order chi connectivity index (χ0) is 21.7. The average molecular weight is 423 g/mol. The Labute approximate surface area is 170 Å². The Kier molecular flexibility index (Phi) is 6.53. The number of amidine groups is 1. The van der Waals surface area contributed by atoms with Gasteiger partial charge in [-0.3, -0.25) is 9.48 Å². The second kappa shape index (κ2) is 9.10. The molecule has 0 fully saturated rings. The number of aliphatic imine (C=N–C) groups is 1. The van der Waals surface area contributed by atoms with Crippen LogP contribution in [0.5, 0.6) is 0 Å². The lowest BCUT2D eigenvalue weighted by molar-refractivity contribution is -0.142. The third-order valence-corrected chi connectivity index (χ3v) is 4.69. The average Bonchev–Trinajstić information content (AvgIpc) is 3.05. The number of hydrogen-bond acceptors (Lipinski definition) is 3. The van der Waals surface area contributed by atoms with Crippen LogP contribution >= 0.6 is 0 Å². The summed E-state index contributed by atoms with van der Waals surface area (Å²) in [7, 11) is 0. The summed E-state index contributed by atoms with van der Waals surface area (Å²) in [5, 5.41) is 6.44. The van der Waals surface area contributed by atoms with Gasteiger partial charge in [0.25, 0.3) is 5.91 Å². The van der Waals surface area contributed by atoms with Crippen molar-refractivity contribution < 1.29 is 22.4 Å². The topological polar surface area (TPSA) is 85.3 Å². The van der Waals surface area contributed by atoms with Crippen molar-refractivity contribution in [1.82, 2.24) is 15.1 Å². The molecule has 0 saturated heterocycles. The zero-order valence-corrected chi connectivity index (χ0v) is 16.0. The van der Waals surface area contributed by atoms with Gasteiger partial charge in [0.05, 0.1) is 0 Å². The van der Waals surface area contributed by atoms with Gasteiger partial charge >= 0.3 is 6.18 Å². The molecule has 1 amide bonds. The molecule has 1 aromatic heterocycles. The molecule has 6 nitrogen and oxygen atoms in total. The Bertz CT molecular complexity index is 978. The molecule has 3 N–H and O–H groups in total. The SMILES string of the molecule is NC(/C=C\NCc1ccccc1F)=NC(=O)Cn1nc(C(F)(F)F)c2c1CCCC2. The number of aromatic nitrogens is 2. The van der Waals surface area contributed by atoms with Crippen molar-refractivity contribution in [2.45, 2.75) is 44.9 Å². The Morgan fingerprint density at radius 1 is 1.27 bits per heavy atom. The lowest BCUT2D eigenvalue weighted by Gasteiger charge is -2.14. The molecule has 160 valence electrons. The van der Waals surface area contributed by atoms with Gasteiger partial charge in [-0.25, -0.2) is 4.39 Å². The lowest BCUT2D eigenvalue weighted by Crippen LogP contribution is -2.18. The number of halogens is 4. The number of carbonyl (C=O) groups is 1. The summed E-state index contributed by atoms with van der Waals surface area (Å²) in [5.41, 5.74) is 5.78. The van der Waals surface area contributed by atoms with E-state index in [0.717, 1.165) is 11.1 Å². The number of carbonyl (C=O) groups excluding carboxylic acids is 1. The first-order valence-electron chi connectivity index (χ1n) is 9.42. The van der Waals surface area contributed by atoms with Crippen molar-refractivity contribution >= 4 is 11.7 Å². The number of nitrogens with one attached hydrogen (secondary N) is 1. The molecule has 0 aliphatic heterocycles. The van der Waals surface area contributed by atoms with Gasteiger partial charge in [-0.2, -0.15) is 23.3 Å². The van der Waals surface area contributed by atoms with Gasteiger partial charge in [0.1, 0.15) is 18.2 Å². The summed E-state index contributed by atoms with van der Waals surface area (Å²) in [6.07, 6.45) is 0.293. The number of alkyl halides is 3. The number of hydrogen-bond donors (Lipinski definition) is 2. The number of rotatable bonds is 6. The van der Waals surface area contributed by atoms with E-state index in [0.29, 0.717) is 30.5 Å². The summed E-state index contributed by atoms with van der Waals surface area (Å²) < 4.78 is 54.2. The van der Waals surface area contributed by atoms with Crippen molar-refractivity contribution in [3.63, 3.8) is 0 Å². The molecule has 1 aliphatic rings. The van der Waals surface area contributed by atoms with Crippen LogP contribution in [0, 0.1) is 5.82 Å². The summed E-state index contributed by atoms with van der Waals surface area (Å²) >= 11 is 0. The van der Waals surface area contributed by atoms with E-state index in [1.807, 2.05) is 0 Å². The van der Waals surface area contributed by atoms with E-state index in [4.69, 9.17) is 5.73 Å². The van der Waals surface area contributed by atoms with E-state index in [9.17, 15) is 22.4 Å². The van der Waals surface area contributed by atoms with E-state index in [2.05, 4.69) is 15.4 Å². The molecular weight excluding hydrogens is 402 g/mol. The monoisotopic (exact) mass is 423 g/mol. The summed E-state index contributed by atoms with van der Waals surface area (Å²) in [6.45, 7) is -0.209. The first kappa shape index (κ1) is 21.5. The highest BCUT2D eigenvalue weighted by molar-refractivity contribution is 5.99. The standard InChI is InChI=1S/C20H21F4N5O/c21-15-7-3-1-5-13(15)11-26-10-9-17(25)27-18(30)12-29-16-8-4-2-6-14(16)19(28-29)20(22,23)24/h1,3,5,7,9-10,26H,2,4,6,8,11-12H2,(H2,25,27,30)/b10-9-. The Morgan fingerprint density at radius 3 is 2.73 bits per heavy atom. The van der Waals surface area contributed by atoms with Crippen LogP contribution in [0.25, 0.3) is 0 Å². The summed E-state index contributed by atoms with van der Waals surface area (Å²) in [6, 6.07) is 6.25. The molecule has 0 spiro atoms. The largest absolute Gasteiger partial charge is 0.435 e. The molecule has 30 heavy (non-hydrogen) atoms. The zero-order valence-electron chi connectivity index (χ0n) is 16.0. The maximum atomic E-state index is 13.5. The highest BCUT2D eigenvalue weighted by Crippen LogP contribution is 2.35. The Balaban J connectivity index is 1.62. The highest BCUT2D eigenvalue weighted by atomic mass is 19.4. The molecule has 3 rings (SSSR count). The van der Waals surface area contributed by atoms with E-state index in [1.165, 1.54) is 18.3 Å². The molecule has 1 heterocycles. The molecule has 1 aliphatic carbocycles. The fourth-order valence-corrected chi connectivity index (χ4v) is 3.33. The predicted molar refractivity (Wildman–Crippen MR) is 103 cm³/mol. The molecule has 0 atom stereocenters. The quantitative estimate of drug-likeness (QED) is 0.425. The van der Waals surface area contributed by atoms with Crippen LogP contribution < -0.4 is 11.1 Å². The minimum atomic E-state index is -4.56. The number of nitrogens with zero attached hydrogens (tertiary/aromatic N) is 3. The third-order valence-electron chi connectivity index (χ3n) is 4.69. The second-order valence-corrected chi connectivity index (χ2v) is 6.87. The van der Waals surface area contributed by atoms with Crippen LogP contribution in [0.1, 0.15) is 35.4 Å². The van der Waals surface area contributed by atoms with Crippen molar-refractivity contribution in [3.8, 4) is 0 Å². The van der Waals surface area contributed by atoms with E-state index in [-0.39, 0.29) is 23.8 Å². The minimum Gasteiger partial charge on any atom is -0.387 e. The highest BCUT2D eigenvalue weighted by Gasteiger charge is 2.39. The van der Waals surface area contributed by atoms with Gasteiger partial charge in [0, 0.05) is 29.6 Å². The van der Waals surface area contributed by atoms with Crippen molar-refractivity contribution in [2.24, 2.45) is 10.7 Å². The number of fused-ring (bicyclic) bond motifs is 1. The first-order chi connectivity index (χ1) is 14.3. The molecule has 0 unspecified atom stereocenters. The Hall–Kier alpha value is -3.17. The van der Waals surface area contributed by atoms with Gasteiger partial charge in [-0.1, -0.05) is 18.2 Å². The van der Waals surface area contributed by atoms with E-state index in [1.54, 1.807) is 18.2 Å². The van der Waals surface area contributed by atoms with E-state index >= 15 is 0 Å². The minimum absolute atomic E-state index is 0.127. The molecule has 0 radical (unpaired) electrons. The van der Waals surface area contributed by atoms with Crippen molar-refractivity contribution in [1.29, 1.82) is 0 Å². The summed E-state index contributed by atoms with van der Waals surface area (Å²) in [4.78, 5) is 15.8.